The Labute approximate surface area is 149 Å². The number of carbonyl (C=O) groups is 1. The quantitative estimate of drug-likeness (QED) is 0.703. The van der Waals surface area contributed by atoms with Crippen molar-refractivity contribution in [3.8, 4) is 5.75 Å². The van der Waals surface area contributed by atoms with Gasteiger partial charge in [0.05, 0.1) is 11.2 Å². The van der Waals surface area contributed by atoms with Crippen LogP contribution in [0.2, 0.25) is 5.02 Å². The Balaban J connectivity index is 2.05. The molecule has 0 unspecified atom stereocenters. The number of carbonyl (C=O) groups excluding carboxylic acids is 1. The number of halogens is 1. The van der Waals surface area contributed by atoms with Gasteiger partial charge in [0.15, 0.2) is 5.75 Å². The van der Waals surface area contributed by atoms with Gasteiger partial charge in [-0.05, 0) is 48.5 Å². The third kappa shape index (κ3) is 3.72. The largest absolute Gasteiger partial charge is 0.378 e. The van der Waals surface area contributed by atoms with Crippen LogP contribution in [0.25, 0.3) is 10.9 Å². The smallest absolute Gasteiger partial charge is 0.339 e. The van der Waals surface area contributed by atoms with E-state index in [0.29, 0.717) is 21.6 Å². The van der Waals surface area contributed by atoms with E-state index in [1.165, 1.54) is 37.3 Å². The van der Waals surface area contributed by atoms with Crippen LogP contribution in [0.1, 0.15) is 6.92 Å². The number of amides is 1. The molecular weight excluding hydrogens is 364 g/mol. The second-order valence-electron chi connectivity index (χ2n) is 5.18. The molecule has 0 saturated heterocycles. The van der Waals surface area contributed by atoms with Crippen molar-refractivity contribution < 1.29 is 17.4 Å². The summed E-state index contributed by atoms with van der Waals surface area (Å²) in [5, 5.41) is 3.54. The molecular formula is C17H13ClN2O4S. The molecule has 0 radical (unpaired) electrons. The topological polar surface area (TPSA) is 85.4 Å². The summed E-state index contributed by atoms with van der Waals surface area (Å²) >= 11 is 5.78. The van der Waals surface area contributed by atoms with Gasteiger partial charge in [-0.3, -0.25) is 9.78 Å². The standard InChI is InChI=1S/C17H13ClN2O4S/c1-11(21)20-15-8-9-16(14-3-2-10-19-17(14)15)24-25(22,23)13-6-4-12(18)5-7-13/h2-10H,1H3,(H,20,21). The highest BCUT2D eigenvalue weighted by Crippen LogP contribution is 2.32. The van der Waals surface area contributed by atoms with Gasteiger partial charge in [-0.15, -0.1) is 0 Å². The molecule has 8 heteroatoms. The number of fused-ring (bicyclic) bond motifs is 1. The van der Waals surface area contributed by atoms with Crippen molar-refractivity contribution in [3.63, 3.8) is 0 Å². The van der Waals surface area contributed by atoms with E-state index in [1.807, 2.05) is 0 Å². The van der Waals surface area contributed by atoms with Crippen molar-refractivity contribution >= 4 is 44.2 Å². The lowest BCUT2D eigenvalue weighted by Gasteiger charge is -2.12. The average molecular weight is 377 g/mol. The SMILES string of the molecule is CC(=O)Nc1ccc(OS(=O)(=O)c2ccc(Cl)cc2)c2cccnc12. The van der Waals surface area contributed by atoms with Crippen LogP contribution >= 0.6 is 11.6 Å². The number of hydrogen-bond acceptors (Lipinski definition) is 5. The number of anilines is 1. The zero-order valence-electron chi connectivity index (χ0n) is 13.1. The number of pyridine rings is 1. The van der Waals surface area contributed by atoms with Crippen LogP contribution in [-0.2, 0) is 14.9 Å². The molecule has 0 bridgehead atoms. The summed E-state index contributed by atoms with van der Waals surface area (Å²) in [4.78, 5) is 15.5. The number of benzene rings is 2. The van der Waals surface area contributed by atoms with Crippen molar-refractivity contribution in [1.29, 1.82) is 0 Å². The maximum Gasteiger partial charge on any atom is 0.339 e. The van der Waals surface area contributed by atoms with Crippen molar-refractivity contribution in [2.75, 3.05) is 5.32 Å². The molecule has 0 saturated carbocycles. The lowest BCUT2D eigenvalue weighted by molar-refractivity contribution is -0.114. The molecule has 6 nitrogen and oxygen atoms in total. The van der Waals surface area contributed by atoms with Crippen molar-refractivity contribution in [3.05, 3.63) is 59.8 Å². The van der Waals surface area contributed by atoms with Crippen molar-refractivity contribution in [2.24, 2.45) is 0 Å². The van der Waals surface area contributed by atoms with Gasteiger partial charge in [0, 0.05) is 23.5 Å². The first-order chi connectivity index (χ1) is 11.9. The summed E-state index contributed by atoms with van der Waals surface area (Å²) < 4.78 is 30.2. The molecule has 128 valence electrons. The van der Waals surface area contributed by atoms with Gasteiger partial charge in [0.2, 0.25) is 5.91 Å². The Morgan fingerprint density at radius 1 is 1.12 bits per heavy atom. The van der Waals surface area contributed by atoms with E-state index < -0.39 is 10.1 Å². The van der Waals surface area contributed by atoms with Crippen LogP contribution in [0, 0.1) is 0 Å². The molecule has 1 heterocycles. The Bertz CT molecular complexity index is 1050. The summed E-state index contributed by atoms with van der Waals surface area (Å²) in [5.41, 5.74) is 0.904. The first kappa shape index (κ1) is 17.2. The predicted octanol–water partition coefficient (Wildman–Crippen LogP) is 3.61. The maximum absolute atomic E-state index is 12.5. The van der Waals surface area contributed by atoms with Crippen molar-refractivity contribution in [1.82, 2.24) is 4.98 Å². The molecule has 3 rings (SSSR count). The Morgan fingerprint density at radius 3 is 2.52 bits per heavy atom. The van der Waals surface area contributed by atoms with Gasteiger partial charge >= 0.3 is 10.1 Å². The van der Waals surface area contributed by atoms with E-state index in [-0.39, 0.29) is 16.6 Å². The lowest BCUT2D eigenvalue weighted by Crippen LogP contribution is -2.11. The number of nitrogens with one attached hydrogen (secondary N) is 1. The fraction of sp³-hybridized carbons (Fsp3) is 0.0588. The average Bonchev–Trinajstić information content (AvgIpc) is 2.57. The minimum Gasteiger partial charge on any atom is -0.378 e. The fourth-order valence-electron chi connectivity index (χ4n) is 2.28. The summed E-state index contributed by atoms with van der Waals surface area (Å²) in [5.74, 6) is -0.137. The van der Waals surface area contributed by atoms with Crippen LogP contribution < -0.4 is 9.50 Å². The number of rotatable bonds is 4. The molecule has 0 fully saturated rings. The zero-order chi connectivity index (χ0) is 18.0. The van der Waals surface area contributed by atoms with E-state index in [4.69, 9.17) is 15.8 Å². The van der Waals surface area contributed by atoms with Crippen LogP contribution in [0.15, 0.2) is 59.6 Å². The Kier molecular flexibility index (Phi) is 4.61. The third-order valence-corrected chi connectivity index (χ3v) is 4.84. The first-order valence-corrected chi connectivity index (χ1v) is 9.01. The molecule has 0 aliphatic rings. The molecule has 1 N–H and O–H groups in total. The van der Waals surface area contributed by atoms with E-state index in [1.54, 1.807) is 24.4 Å². The fourth-order valence-corrected chi connectivity index (χ4v) is 3.35. The number of hydrogen-bond donors (Lipinski definition) is 1. The van der Waals surface area contributed by atoms with Crippen LogP contribution in [0.5, 0.6) is 5.75 Å². The second kappa shape index (κ2) is 6.70. The van der Waals surface area contributed by atoms with E-state index in [0.717, 1.165) is 0 Å². The van der Waals surface area contributed by atoms with Gasteiger partial charge in [-0.1, -0.05) is 11.6 Å². The predicted molar refractivity (Wildman–Crippen MR) is 95.3 cm³/mol. The lowest BCUT2D eigenvalue weighted by atomic mass is 10.1. The minimum atomic E-state index is -4.03. The second-order valence-corrected chi connectivity index (χ2v) is 7.17. The minimum absolute atomic E-state index is 0.0140. The summed E-state index contributed by atoms with van der Waals surface area (Å²) in [6, 6.07) is 12.0. The Morgan fingerprint density at radius 2 is 1.84 bits per heavy atom. The van der Waals surface area contributed by atoms with Crippen LogP contribution in [0.4, 0.5) is 5.69 Å². The van der Waals surface area contributed by atoms with Crippen LogP contribution in [0.3, 0.4) is 0 Å². The number of aromatic nitrogens is 1. The molecule has 25 heavy (non-hydrogen) atoms. The molecule has 2 aromatic carbocycles. The first-order valence-electron chi connectivity index (χ1n) is 7.22. The summed E-state index contributed by atoms with van der Waals surface area (Å²) in [6.07, 6.45) is 1.55. The van der Waals surface area contributed by atoms with Gasteiger partial charge in [0.25, 0.3) is 0 Å². The molecule has 0 atom stereocenters. The van der Waals surface area contributed by atoms with E-state index in [9.17, 15) is 13.2 Å². The van der Waals surface area contributed by atoms with Gasteiger partial charge < -0.3 is 9.50 Å². The monoisotopic (exact) mass is 376 g/mol. The van der Waals surface area contributed by atoms with Gasteiger partial charge in [0.1, 0.15) is 4.90 Å². The van der Waals surface area contributed by atoms with Gasteiger partial charge in [-0.25, -0.2) is 0 Å². The highest BCUT2D eigenvalue weighted by Gasteiger charge is 2.19. The van der Waals surface area contributed by atoms with Crippen molar-refractivity contribution in [2.45, 2.75) is 11.8 Å². The summed E-state index contributed by atoms with van der Waals surface area (Å²) in [7, 11) is -4.03. The van der Waals surface area contributed by atoms with Crippen LogP contribution in [-0.4, -0.2) is 19.3 Å². The molecule has 3 aromatic rings. The highest BCUT2D eigenvalue weighted by atomic mass is 35.5. The van der Waals surface area contributed by atoms with E-state index >= 15 is 0 Å². The Hall–Kier alpha value is -2.64. The molecule has 1 amide bonds. The summed E-state index contributed by atoms with van der Waals surface area (Å²) in [6.45, 7) is 1.38. The highest BCUT2D eigenvalue weighted by molar-refractivity contribution is 7.87. The maximum atomic E-state index is 12.5. The third-order valence-electron chi connectivity index (χ3n) is 3.34. The zero-order valence-corrected chi connectivity index (χ0v) is 14.6. The molecule has 0 spiro atoms. The molecule has 0 aliphatic heterocycles. The van der Waals surface area contributed by atoms with E-state index in [2.05, 4.69) is 10.3 Å². The van der Waals surface area contributed by atoms with Gasteiger partial charge in [-0.2, -0.15) is 8.42 Å². The normalized spacial score (nSPS) is 11.3. The molecule has 0 aliphatic carbocycles. The molecule has 1 aromatic heterocycles. The number of nitrogens with zero attached hydrogens (tertiary/aromatic N) is 1.